The molecule has 0 amide bonds. The van der Waals surface area contributed by atoms with Crippen LogP contribution in [-0.2, 0) is 11.8 Å². The molecule has 0 N–H and O–H groups in total. The highest BCUT2D eigenvalue weighted by Crippen LogP contribution is 2.37. The molecule has 140 valence electrons. The molecule has 2 aromatic carbocycles. The van der Waals surface area contributed by atoms with Crippen LogP contribution in [0, 0.1) is 13.8 Å². The summed E-state index contributed by atoms with van der Waals surface area (Å²) in [5.74, 6) is -0.462. The first-order chi connectivity index (χ1) is 12.8. The van der Waals surface area contributed by atoms with Crippen molar-refractivity contribution in [1.82, 2.24) is 9.78 Å². The van der Waals surface area contributed by atoms with Crippen molar-refractivity contribution in [2.75, 3.05) is 7.11 Å². The van der Waals surface area contributed by atoms with Gasteiger partial charge in [-0.2, -0.15) is 5.10 Å². The van der Waals surface area contributed by atoms with E-state index in [1.807, 2.05) is 32.2 Å². The van der Waals surface area contributed by atoms with E-state index >= 15 is 0 Å². The Labute approximate surface area is 164 Å². The smallest absolute Gasteiger partial charge is 0.358 e. The number of carbonyl (C=O) groups excluding carboxylic acids is 1. The molecule has 0 radical (unpaired) electrons. The molecular weight excluding hydrogens is 360 g/mol. The Morgan fingerprint density at radius 3 is 2.41 bits per heavy atom. The topological polar surface area (TPSA) is 44.1 Å². The predicted octanol–water partition coefficient (Wildman–Crippen LogP) is 5.30. The summed E-state index contributed by atoms with van der Waals surface area (Å²) in [4.78, 5) is 12.4. The molecule has 0 aliphatic heterocycles. The van der Waals surface area contributed by atoms with E-state index in [0.717, 1.165) is 27.9 Å². The van der Waals surface area contributed by atoms with Gasteiger partial charge in [0, 0.05) is 29.1 Å². The van der Waals surface area contributed by atoms with Crippen LogP contribution < -0.4 is 0 Å². The number of methoxy groups -OCH3 is 1. The summed E-state index contributed by atoms with van der Waals surface area (Å²) in [7, 11) is 3.22. The third-order valence-corrected chi connectivity index (χ3v) is 5.33. The molecular formula is C22H23ClN2O2. The fourth-order valence-corrected chi connectivity index (χ4v) is 3.47. The fraction of sp³-hybridized carbons (Fsp3) is 0.273. The van der Waals surface area contributed by atoms with Crippen molar-refractivity contribution in [3.8, 4) is 11.3 Å². The molecule has 0 saturated carbocycles. The molecule has 27 heavy (non-hydrogen) atoms. The van der Waals surface area contributed by atoms with E-state index in [-0.39, 0.29) is 5.92 Å². The average molecular weight is 383 g/mol. The summed E-state index contributed by atoms with van der Waals surface area (Å²) in [6.45, 7) is 6.10. The van der Waals surface area contributed by atoms with Crippen LogP contribution in [0.15, 0.2) is 42.5 Å². The maximum absolute atomic E-state index is 12.4. The van der Waals surface area contributed by atoms with Crippen LogP contribution in [0.1, 0.15) is 45.6 Å². The van der Waals surface area contributed by atoms with Gasteiger partial charge < -0.3 is 4.74 Å². The minimum absolute atomic E-state index is 0.0283. The number of rotatable bonds is 4. The second-order valence-electron chi connectivity index (χ2n) is 6.82. The number of carbonyl (C=O) groups is 1. The highest BCUT2D eigenvalue weighted by Gasteiger charge is 2.28. The lowest BCUT2D eigenvalue weighted by atomic mass is 9.88. The van der Waals surface area contributed by atoms with Crippen LogP contribution in [0.3, 0.4) is 0 Å². The molecule has 0 bridgehead atoms. The Balaban J connectivity index is 2.24. The number of halogens is 1. The van der Waals surface area contributed by atoms with Gasteiger partial charge in [0.2, 0.25) is 0 Å². The number of ether oxygens (including phenoxy) is 1. The highest BCUT2D eigenvalue weighted by molar-refractivity contribution is 6.31. The lowest BCUT2D eigenvalue weighted by molar-refractivity contribution is 0.0591. The first kappa shape index (κ1) is 19.2. The average Bonchev–Trinajstić information content (AvgIpc) is 3.00. The number of aromatic nitrogens is 2. The van der Waals surface area contributed by atoms with Crippen molar-refractivity contribution in [3.05, 3.63) is 75.4 Å². The van der Waals surface area contributed by atoms with E-state index in [2.05, 4.69) is 43.2 Å². The Morgan fingerprint density at radius 2 is 1.81 bits per heavy atom. The summed E-state index contributed by atoms with van der Waals surface area (Å²) in [5.41, 5.74) is 6.35. The standard InChI is InChI=1S/C22H23ClN2O2/c1-13-6-8-16(9-7-13)15(3)19-20(22(26)27-5)24-25(4)21(19)17-10-11-18(23)14(2)12-17/h6-12,15H,1-5H3. The molecule has 1 atom stereocenters. The quantitative estimate of drug-likeness (QED) is 0.575. The number of nitrogens with zero attached hydrogens (tertiary/aromatic N) is 2. The highest BCUT2D eigenvalue weighted by atomic mass is 35.5. The SMILES string of the molecule is COC(=O)c1nn(C)c(-c2ccc(Cl)c(C)c2)c1C(C)c1ccc(C)cc1. The van der Waals surface area contributed by atoms with E-state index in [4.69, 9.17) is 16.3 Å². The molecule has 1 heterocycles. The summed E-state index contributed by atoms with van der Waals surface area (Å²) >= 11 is 6.20. The van der Waals surface area contributed by atoms with Gasteiger partial charge in [0.25, 0.3) is 0 Å². The van der Waals surface area contributed by atoms with Crippen LogP contribution in [0.25, 0.3) is 11.3 Å². The van der Waals surface area contributed by atoms with Gasteiger partial charge in [-0.05, 0) is 37.1 Å². The van der Waals surface area contributed by atoms with E-state index < -0.39 is 5.97 Å². The van der Waals surface area contributed by atoms with Gasteiger partial charge in [0.05, 0.1) is 12.8 Å². The molecule has 0 saturated heterocycles. The van der Waals surface area contributed by atoms with Crippen molar-refractivity contribution in [2.24, 2.45) is 7.05 Å². The normalized spacial score (nSPS) is 12.1. The van der Waals surface area contributed by atoms with Gasteiger partial charge in [0.15, 0.2) is 5.69 Å². The summed E-state index contributed by atoms with van der Waals surface area (Å²) in [5, 5.41) is 5.19. The second-order valence-corrected chi connectivity index (χ2v) is 7.23. The maximum atomic E-state index is 12.4. The zero-order valence-corrected chi connectivity index (χ0v) is 17.0. The van der Waals surface area contributed by atoms with Gasteiger partial charge in [-0.1, -0.05) is 54.4 Å². The summed E-state index contributed by atoms with van der Waals surface area (Å²) in [6, 6.07) is 14.2. The Morgan fingerprint density at radius 1 is 1.15 bits per heavy atom. The van der Waals surface area contributed by atoms with Crippen molar-refractivity contribution in [3.63, 3.8) is 0 Å². The minimum atomic E-state index is -0.434. The van der Waals surface area contributed by atoms with Crippen LogP contribution >= 0.6 is 11.6 Å². The maximum Gasteiger partial charge on any atom is 0.358 e. The molecule has 0 aliphatic rings. The number of aryl methyl sites for hydroxylation is 3. The zero-order valence-electron chi connectivity index (χ0n) is 16.2. The summed E-state index contributed by atoms with van der Waals surface area (Å²) in [6.07, 6.45) is 0. The van der Waals surface area contributed by atoms with Gasteiger partial charge in [-0.15, -0.1) is 0 Å². The van der Waals surface area contributed by atoms with Crippen molar-refractivity contribution in [1.29, 1.82) is 0 Å². The number of hydrogen-bond donors (Lipinski definition) is 0. The first-order valence-corrected chi connectivity index (χ1v) is 9.19. The third kappa shape index (κ3) is 3.62. The molecule has 0 fully saturated rings. The Bertz CT molecular complexity index is 990. The molecule has 3 rings (SSSR count). The number of hydrogen-bond acceptors (Lipinski definition) is 3. The number of esters is 1. The minimum Gasteiger partial charge on any atom is -0.464 e. The molecule has 0 aliphatic carbocycles. The molecule has 1 unspecified atom stereocenters. The first-order valence-electron chi connectivity index (χ1n) is 8.81. The zero-order chi connectivity index (χ0) is 19.7. The van der Waals surface area contributed by atoms with Crippen LogP contribution in [0.5, 0.6) is 0 Å². The lowest BCUT2D eigenvalue weighted by Crippen LogP contribution is -2.08. The Hall–Kier alpha value is -2.59. The second kappa shape index (κ2) is 7.57. The monoisotopic (exact) mass is 382 g/mol. The van der Waals surface area contributed by atoms with Crippen LogP contribution in [0.2, 0.25) is 5.02 Å². The molecule has 3 aromatic rings. The molecule has 1 aromatic heterocycles. The van der Waals surface area contributed by atoms with E-state index in [1.165, 1.54) is 12.7 Å². The van der Waals surface area contributed by atoms with Gasteiger partial charge in [-0.3, -0.25) is 4.68 Å². The molecule has 0 spiro atoms. The third-order valence-electron chi connectivity index (χ3n) is 4.90. The van der Waals surface area contributed by atoms with E-state index in [9.17, 15) is 4.79 Å². The van der Waals surface area contributed by atoms with Gasteiger partial charge in [-0.25, -0.2) is 4.79 Å². The fourth-order valence-electron chi connectivity index (χ4n) is 3.35. The van der Waals surface area contributed by atoms with Gasteiger partial charge >= 0.3 is 5.97 Å². The number of benzene rings is 2. The lowest BCUT2D eigenvalue weighted by Gasteiger charge is -2.16. The van der Waals surface area contributed by atoms with Crippen molar-refractivity contribution in [2.45, 2.75) is 26.7 Å². The van der Waals surface area contributed by atoms with E-state index in [0.29, 0.717) is 10.7 Å². The van der Waals surface area contributed by atoms with Gasteiger partial charge in [0.1, 0.15) is 0 Å². The van der Waals surface area contributed by atoms with E-state index in [1.54, 1.807) is 4.68 Å². The molecule has 5 heteroatoms. The molecule has 4 nitrogen and oxygen atoms in total. The van der Waals surface area contributed by atoms with Crippen molar-refractivity contribution < 1.29 is 9.53 Å². The van der Waals surface area contributed by atoms with Crippen molar-refractivity contribution >= 4 is 17.6 Å². The summed E-state index contributed by atoms with van der Waals surface area (Å²) < 4.78 is 6.74. The predicted molar refractivity (Wildman–Crippen MR) is 108 cm³/mol. The van der Waals surface area contributed by atoms with Crippen LogP contribution in [-0.4, -0.2) is 22.9 Å². The Kier molecular flexibility index (Phi) is 5.38. The largest absolute Gasteiger partial charge is 0.464 e. The van der Waals surface area contributed by atoms with Crippen LogP contribution in [0.4, 0.5) is 0 Å².